The van der Waals surface area contributed by atoms with Gasteiger partial charge >= 0.3 is 6.18 Å². The monoisotopic (exact) mass is 503 g/mol. The lowest BCUT2D eigenvalue weighted by Gasteiger charge is -2.33. The van der Waals surface area contributed by atoms with Gasteiger partial charge in [0, 0.05) is 17.0 Å². The molecule has 1 aliphatic heterocycles. The summed E-state index contributed by atoms with van der Waals surface area (Å²) in [7, 11) is 0. The molecule has 12 heteroatoms. The zero-order valence-electron chi connectivity index (χ0n) is 15.3. The first kappa shape index (κ1) is 20.7. The molecule has 0 fully saturated rings. The SMILES string of the molecule is Cc1cc(NC(=O)c2nn3c(c2Cl)N[C@@H](c2ccc(Br)cc2)C[C@@H]3C(F)(F)F)no1. The second kappa shape index (κ2) is 7.62. The van der Waals surface area contributed by atoms with Crippen LogP contribution in [0.3, 0.4) is 0 Å². The van der Waals surface area contributed by atoms with Crippen LogP contribution in [0.2, 0.25) is 5.02 Å². The van der Waals surface area contributed by atoms with Crippen molar-refractivity contribution in [2.45, 2.75) is 31.6 Å². The number of hydrogen-bond donors (Lipinski definition) is 2. The molecule has 4 rings (SSSR count). The zero-order valence-corrected chi connectivity index (χ0v) is 17.6. The molecule has 3 heterocycles. The number of nitrogens with one attached hydrogen (secondary N) is 2. The molecule has 0 spiro atoms. The number of carbonyl (C=O) groups excluding carboxylic acids is 1. The molecule has 1 aliphatic rings. The number of aryl methyl sites for hydroxylation is 1. The highest BCUT2D eigenvalue weighted by molar-refractivity contribution is 9.10. The summed E-state index contributed by atoms with van der Waals surface area (Å²) in [6, 6.07) is 5.77. The van der Waals surface area contributed by atoms with Gasteiger partial charge in [-0.25, -0.2) is 4.68 Å². The van der Waals surface area contributed by atoms with Crippen molar-refractivity contribution >= 4 is 45.1 Å². The first-order valence-corrected chi connectivity index (χ1v) is 9.92. The van der Waals surface area contributed by atoms with Gasteiger partial charge in [0.1, 0.15) is 16.6 Å². The van der Waals surface area contributed by atoms with E-state index in [1.54, 1.807) is 31.2 Å². The Morgan fingerprint density at radius 2 is 2.07 bits per heavy atom. The van der Waals surface area contributed by atoms with E-state index in [0.717, 1.165) is 9.15 Å². The summed E-state index contributed by atoms with van der Waals surface area (Å²) in [5.41, 5.74) is 0.311. The maximum atomic E-state index is 13.8. The number of benzene rings is 1. The van der Waals surface area contributed by atoms with Gasteiger partial charge in [-0.1, -0.05) is 44.8 Å². The highest BCUT2D eigenvalue weighted by Gasteiger charge is 2.47. The van der Waals surface area contributed by atoms with Crippen molar-refractivity contribution < 1.29 is 22.5 Å². The summed E-state index contributed by atoms with van der Waals surface area (Å²) in [6.45, 7) is 1.63. The molecular weight excluding hydrogens is 491 g/mol. The van der Waals surface area contributed by atoms with Gasteiger partial charge in [-0.2, -0.15) is 18.3 Å². The Morgan fingerprint density at radius 3 is 2.67 bits per heavy atom. The molecule has 0 aliphatic carbocycles. The van der Waals surface area contributed by atoms with Gasteiger partial charge in [-0.15, -0.1) is 0 Å². The molecule has 0 saturated carbocycles. The van der Waals surface area contributed by atoms with Crippen LogP contribution >= 0.6 is 27.5 Å². The number of anilines is 2. The van der Waals surface area contributed by atoms with Crippen LogP contribution < -0.4 is 10.6 Å². The van der Waals surface area contributed by atoms with Crippen LogP contribution in [0.25, 0.3) is 0 Å². The van der Waals surface area contributed by atoms with Gasteiger partial charge in [0.2, 0.25) is 0 Å². The van der Waals surface area contributed by atoms with Crippen molar-refractivity contribution in [2.75, 3.05) is 10.6 Å². The Bertz CT molecular complexity index is 1100. The van der Waals surface area contributed by atoms with E-state index in [0.29, 0.717) is 11.3 Å². The molecule has 1 amide bonds. The number of carbonyl (C=O) groups is 1. The van der Waals surface area contributed by atoms with E-state index >= 15 is 0 Å². The number of hydrogen-bond acceptors (Lipinski definition) is 5. The first-order valence-electron chi connectivity index (χ1n) is 8.75. The Balaban J connectivity index is 1.70. The minimum absolute atomic E-state index is 0.0698. The van der Waals surface area contributed by atoms with E-state index < -0.39 is 24.2 Å². The number of alkyl halides is 3. The lowest BCUT2D eigenvalue weighted by molar-refractivity contribution is -0.173. The largest absolute Gasteiger partial charge is 0.410 e. The number of aromatic nitrogens is 3. The highest BCUT2D eigenvalue weighted by atomic mass is 79.9. The smallest absolute Gasteiger partial charge is 0.362 e. The molecule has 1 aromatic carbocycles. The number of fused-ring (bicyclic) bond motifs is 1. The van der Waals surface area contributed by atoms with Crippen LogP contribution in [0.4, 0.5) is 24.8 Å². The van der Waals surface area contributed by atoms with Gasteiger partial charge in [-0.05, 0) is 24.6 Å². The molecule has 0 radical (unpaired) electrons. The normalized spacial score (nSPS) is 18.6. The fraction of sp³-hybridized carbons (Fsp3) is 0.278. The maximum absolute atomic E-state index is 13.8. The zero-order chi connectivity index (χ0) is 21.6. The average molecular weight is 505 g/mol. The van der Waals surface area contributed by atoms with Crippen molar-refractivity contribution in [1.29, 1.82) is 0 Å². The number of halogens is 5. The summed E-state index contributed by atoms with van der Waals surface area (Å²) in [4.78, 5) is 12.5. The van der Waals surface area contributed by atoms with Crippen molar-refractivity contribution in [3.8, 4) is 0 Å². The topological polar surface area (TPSA) is 85.0 Å². The van der Waals surface area contributed by atoms with Crippen molar-refractivity contribution in [1.82, 2.24) is 14.9 Å². The quantitative estimate of drug-likeness (QED) is 0.491. The van der Waals surface area contributed by atoms with Crippen LogP contribution in [0.1, 0.15) is 40.3 Å². The van der Waals surface area contributed by atoms with Crippen molar-refractivity contribution in [3.05, 3.63) is 56.8 Å². The lowest BCUT2D eigenvalue weighted by Crippen LogP contribution is -2.35. The fourth-order valence-electron chi connectivity index (χ4n) is 3.25. The van der Waals surface area contributed by atoms with E-state index in [2.05, 4.69) is 36.8 Å². The van der Waals surface area contributed by atoms with Crippen LogP contribution in [-0.2, 0) is 0 Å². The van der Waals surface area contributed by atoms with Crippen molar-refractivity contribution in [2.24, 2.45) is 0 Å². The highest BCUT2D eigenvalue weighted by Crippen LogP contribution is 2.46. The predicted octanol–water partition coefficient (Wildman–Crippen LogP) is 5.51. The number of rotatable bonds is 3. The summed E-state index contributed by atoms with van der Waals surface area (Å²) < 4.78 is 47.8. The summed E-state index contributed by atoms with van der Waals surface area (Å²) in [5.74, 6) is -0.304. The van der Waals surface area contributed by atoms with E-state index in [-0.39, 0.29) is 28.8 Å². The van der Waals surface area contributed by atoms with E-state index in [1.165, 1.54) is 6.07 Å². The summed E-state index contributed by atoms with van der Waals surface area (Å²) in [6.07, 6.45) is -4.89. The van der Waals surface area contributed by atoms with Crippen LogP contribution in [0.15, 0.2) is 39.3 Å². The standard InChI is InChI=1S/C18H14BrClF3N5O2/c1-8-6-13(27-30-8)25-17(29)15-14(20)16-24-11(9-2-4-10(19)5-3-9)7-12(18(21,22)23)28(16)26-15/h2-6,11-12,24H,7H2,1H3,(H,25,27,29)/t11-,12-/m1/s1. The molecule has 7 nitrogen and oxygen atoms in total. The van der Waals surface area contributed by atoms with Crippen LogP contribution in [0, 0.1) is 6.92 Å². The summed E-state index contributed by atoms with van der Waals surface area (Å²) >= 11 is 9.58. The molecule has 2 N–H and O–H groups in total. The Labute approximate surface area is 181 Å². The second-order valence-electron chi connectivity index (χ2n) is 6.77. The molecule has 3 aromatic rings. The maximum Gasteiger partial charge on any atom is 0.410 e. The lowest BCUT2D eigenvalue weighted by atomic mass is 9.97. The van der Waals surface area contributed by atoms with Gasteiger partial charge in [0.15, 0.2) is 17.6 Å². The predicted molar refractivity (Wildman–Crippen MR) is 107 cm³/mol. The molecule has 0 bridgehead atoms. The van der Waals surface area contributed by atoms with Gasteiger partial charge in [-0.3, -0.25) is 4.79 Å². The third-order valence-corrected chi connectivity index (χ3v) is 5.54. The van der Waals surface area contributed by atoms with Gasteiger partial charge in [0.05, 0.1) is 6.04 Å². The second-order valence-corrected chi connectivity index (χ2v) is 8.07. The molecule has 2 atom stereocenters. The molecule has 30 heavy (non-hydrogen) atoms. The average Bonchev–Trinajstić information content (AvgIpc) is 3.24. The third kappa shape index (κ3) is 3.91. The van der Waals surface area contributed by atoms with Crippen molar-refractivity contribution in [3.63, 3.8) is 0 Å². The Hall–Kier alpha value is -2.53. The van der Waals surface area contributed by atoms with Crippen LogP contribution in [-0.4, -0.2) is 27.0 Å². The minimum Gasteiger partial charge on any atom is -0.362 e. The Morgan fingerprint density at radius 1 is 1.37 bits per heavy atom. The molecular formula is C18H14BrClF3N5O2. The summed E-state index contributed by atoms with van der Waals surface area (Å²) in [5, 5.41) is 12.7. The molecule has 2 aromatic heterocycles. The van der Waals surface area contributed by atoms with E-state index in [1.807, 2.05) is 0 Å². The van der Waals surface area contributed by atoms with E-state index in [9.17, 15) is 18.0 Å². The van der Waals surface area contributed by atoms with Gasteiger partial charge in [0.25, 0.3) is 5.91 Å². The fourth-order valence-corrected chi connectivity index (χ4v) is 3.78. The number of nitrogens with zero attached hydrogens (tertiary/aromatic N) is 3. The molecule has 0 saturated heterocycles. The molecule has 0 unspecified atom stereocenters. The van der Waals surface area contributed by atoms with E-state index in [4.69, 9.17) is 16.1 Å². The number of amides is 1. The van der Waals surface area contributed by atoms with Crippen LogP contribution in [0.5, 0.6) is 0 Å². The Kier molecular flexibility index (Phi) is 5.27. The first-order chi connectivity index (χ1) is 14.1. The molecule has 158 valence electrons. The van der Waals surface area contributed by atoms with Gasteiger partial charge < -0.3 is 15.2 Å². The minimum atomic E-state index is -4.59. The third-order valence-electron chi connectivity index (χ3n) is 4.65.